The lowest BCUT2D eigenvalue weighted by atomic mass is 9.86. The van der Waals surface area contributed by atoms with E-state index in [1.165, 1.54) is 12.3 Å². The van der Waals surface area contributed by atoms with Crippen LogP contribution in [0.25, 0.3) is 0 Å². The van der Waals surface area contributed by atoms with Gasteiger partial charge in [-0.25, -0.2) is 4.39 Å². The molecular weight excluding hydrogens is 227 g/mol. The molecule has 1 N–H and O–H groups in total. The molecule has 2 atom stereocenters. The van der Waals surface area contributed by atoms with Crippen LogP contribution in [0, 0.1) is 11.7 Å². The van der Waals surface area contributed by atoms with E-state index in [1.54, 1.807) is 0 Å². The van der Waals surface area contributed by atoms with Crippen molar-refractivity contribution in [1.29, 1.82) is 0 Å². The van der Waals surface area contributed by atoms with Gasteiger partial charge in [0, 0.05) is 18.2 Å². The first kappa shape index (κ1) is 13.4. The molecule has 0 fully saturated rings. The van der Waals surface area contributed by atoms with Gasteiger partial charge in [0.05, 0.1) is 10.7 Å². The van der Waals surface area contributed by atoms with Gasteiger partial charge in [-0.2, -0.15) is 0 Å². The first-order chi connectivity index (χ1) is 7.47. The van der Waals surface area contributed by atoms with Gasteiger partial charge in [-0.1, -0.05) is 25.4 Å². The second kappa shape index (κ2) is 5.60. The number of nitrogens with zero attached hydrogens (tertiary/aromatic N) is 1. The Hall–Kier alpha value is -0.670. The van der Waals surface area contributed by atoms with Crippen LogP contribution in [0.2, 0.25) is 5.02 Å². The molecule has 0 aromatic carbocycles. The normalized spacial score (nSPS) is 15.2. The molecule has 2 unspecified atom stereocenters. The Kier molecular flexibility index (Phi) is 4.69. The maximum absolute atomic E-state index is 13.8. The summed E-state index contributed by atoms with van der Waals surface area (Å²) in [4.78, 5) is 4.12. The lowest BCUT2D eigenvalue weighted by Crippen LogP contribution is -2.33. The standard InChI is InChI=1S/C12H18ClFN2/c1-7(2)11(8(3)15-4)12-10(14)5-9(13)6-16-12/h5-8,11,15H,1-4H3. The third-order valence-electron chi connectivity index (χ3n) is 2.86. The fourth-order valence-electron chi connectivity index (χ4n) is 1.98. The minimum Gasteiger partial charge on any atom is -0.317 e. The lowest BCUT2D eigenvalue weighted by molar-refractivity contribution is 0.374. The van der Waals surface area contributed by atoms with Gasteiger partial charge < -0.3 is 5.32 Å². The summed E-state index contributed by atoms with van der Waals surface area (Å²) in [5.41, 5.74) is 0.487. The molecule has 16 heavy (non-hydrogen) atoms. The Labute approximate surface area is 101 Å². The van der Waals surface area contributed by atoms with Crippen LogP contribution in [0.5, 0.6) is 0 Å². The van der Waals surface area contributed by atoms with E-state index in [-0.39, 0.29) is 17.8 Å². The summed E-state index contributed by atoms with van der Waals surface area (Å²) in [7, 11) is 1.87. The van der Waals surface area contributed by atoms with E-state index in [0.29, 0.717) is 16.6 Å². The van der Waals surface area contributed by atoms with E-state index in [1.807, 2.05) is 14.0 Å². The predicted octanol–water partition coefficient (Wildman–Crippen LogP) is 3.22. The molecule has 0 saturated carbocycles. The van der Waals surface area contributed by atoms with Crippen LogP contribution in [0.15, 0.2) is 12.3 Å². The van der Waals surface area contributed by atoms with Crippen molar-refractivity contribution in [3.05, 3.63) is 28.8 Å². The molecule has 90 valence electrons. The van der Waals surface area contributed by atoms with E-state index in [9.17, 15) is 4.39 Å². The fourth-order valence-corrected chi connectivity index (χ4v) is 2.12. The summed E-state index contributed by atoms with van der Waals surface area (Å²) in [6.07, 6.45) is 1.50. The number of rotatable bonds is 4. The van der Waals surface area contributed by atoms with Crippen LogP contribution in [0.4, 0.5) is 4.39 Å². The highest BCUT2D eigenvalue weighted by Gasteiger charge is 2.25. The zero-order valence-electron chi connectivity index (χ0n) is 10.1. The highest BCUT2D eigenvalue weighted by atomic mass is 35.5. The number of hydrogen-bond donors (Lipinski definition) is 1. The largest absolute Gasteiger partial charge is 0.317 e. The molecular formula is C12H18ClFN2. The molecule has 0 bridgehead atoms. The highest BCUT2D eigenvalue weighted by molar-refractivity contribution is 6.30. The molecule has 1 aromatic rings. The average molecular weight is 245 g/mol. The maximum Gasteiger partial charge on any atom is 0.146 e. The summed E-state index contributed by atoms with van der Waals surface area (Å²) < 4.78 is 13.8. The number of nitrogens with one attached hydrogen (secondary N) is 1. The van der Waals surface area contributed by atoms with E-state index < -0.39 is 0 Å². The summed E-state index contributed by atoms with van der Waals surface area (Å²) in [6, 6.07) is 1.49. The van der Waals surface area contributed by atoms with Crippen molar-refractivity contribution in [3.8, 4) is 0 Å². The summed E-state index contributed by atoms with van der Waals surface area (Å²) in [5.74, 6) is 0.0289. The molecule has 0 aliphatic rings. The van der Waals surface area contributed by atoms with E-state index in [0.717, 1.165) is 0 Å². The first-order valence-corrected chi connectivity index (χ1v) is 5.83. The smallest absolute Gasteiger partial charge is 0.146 e. The topological polar surface area (TPSA) is 24.9 Å². The summed E-state index contributed by atoms with van der Waals surface area (Å²) in [5, 5.41) is 3.48. The van der Waals surface area contributed by atoms with Crippen LogP contribution in [-0.2, 0) is 0 Å². The van der Waals surface area contributed by atoms with E-state index >= 15 is 0 Å². The van der Waals surface area contributed by atoms with Crippen LogP contribution in [0.3, 0.4) is 0 Å². The number of pyridine rings is 1. The molecule has 0 radical (unpaired) electrons. The Morgan fingerprint density at radius 3 is 2.44 bits per heavy atom. The van der Waals surface area contributed by atoms with Crippen molar-refractivity contribution in [2.45, 2.75) is 32.7 Å². The molecule has 0 spiro atoms. The monoisotopic (exact) mass is 244 g/mol. The van der Waals surface area contributed by atoms with Gasteiger partial charge in [-0.15, -0.1) is 0 Å². The van der Waals surface area contributed by atoms with Crippen molar-refractivity contribution < 1.29 is 4.39 Å². The molecule has 1 heterocycles. The molecule has 1 rings (SSSR count). The minimum atomic E-state index is -0.326. The van der Waals surface area contributed by atoms with Gasteiger partial charge in [-0.3, -0.25) is 4.98 Å². The molecule has 0 saturated heterocycles. The van der Waals surface area contributed by atoms with Crippen molar-refractivity contribution in [2.24, 2.45) is 5.92 Å². The van der Waals surface area contributed by atoms with Crippen molar-refractivity contribution in [1.82, 2.24) is 10.3 Å². The second-order valence-corrected chi connectivity index (χ2v) is 4.80. The first-order valence-electron chi connectivity index (χ1n) is 5.45. The Morgan fingerprint density at radius 2 is 2.00 bits per heavy atom. The van der Waals surface area contributed by atoms with E-state index in [2.05, 4.69) is 24.1 Å². The van der Waals surface area contributed by atoms with Crippen molar-refractivity contribution >= 4 is 11.6 Å². The fraction of sp³-hybridized carbons (Fsp3) is 0.583. The lowest BCUT2D eigenvalue weighted by Gasteiger charge is -2.27. The van der Waals surface area contributed by atoms with Crippen LogP contribution >= 0.6 is 11.6 Å². The quantitative estimate of drug-likeness (QED) is 0.880. The molecule has 0 amide bonds. The third-order valence-corrected chi connectivity index (χ3v) is 3.07. The minimum absolute atomic E-state index is 0.0438. The highest BCUT2D eigenvalue weighted by Crippen LogP contribution is 2.29. The molecule has 0 aliphatic carbocycles. The zero-order chi connectivity index (χ0) is 12.3. The molecule has 2 nitrogen and oxygen atoms in total. The number of aromatic nitrogens is 1. The maximum atomic E-state index is 13.8. The van der Waals surface area contributed by atoms with Gasteiger partial charge in [0.15, 0.2) is 0 Å². The molecule has 4 heteroatoms. The number of hydrogen-bond acceptors (Lipinski definition) is 2. The van der Waals surface area contributed by atoms with Gasteiger partial charge >= 0.3 is 0 Å². The van der Waals surface area contributed by atoms with Crippen LogP contribution in [-0.4, -0.2) is 18.1 Å². The van der Waals surface area contributed by atoms with Gasteiger partial charge in [0.2, 0.25) is 0 Å². The van der Waals surface area contributed by atoms with Gasteiger partial charge in [-0.05, 0) is 26.0 Å². The third kappa shape index (κ3) is 2.92. The Balaban J connectivity index is 3.11. The number of halogens is 2. The zero-order valence-corrected chi connectivity index (χ0v) is 10.8. The van der Waals surface area contributed by atoms with Crippen molar-refractivity contribution in [3.63, 3.8) is 0 Å². The predicted molar refractivity (Wildman–Crippen MR) is 65.3 cm³/mol. The van der Waals surface area contributed by atoms with Crippen molar-refractivity contribution in [2.75, 3.05) is 7.05 Å². The molecule has 0 aliphatic heterocycles. The number of likely N-dealkylation sites (N-methyl/N-ethyl adjacent to an activating group) is 1. The van der Waals surface area contributed by atoms with E-state index in [4.69, 9.17) is 11.6 Å². The SMILES string of the molecule is CNC(C)C(c1ncc(Cl)cc1F)C(C)C. The second-order valence-electron chi connectivity index (χ2n) is 4.37. The Bertz CT molecular complexity index is 355. The van der Waals surface area contributed by atoms with Gasteiger partial charge in [0.1, 0.15) is 5.82 Å². The Morgan fingerprint density at radius 1 is 1.38 bits per heavy atom. The summed E-state index contributed by atoms with van der Waals surface area (Å²) in [6.45, 7) is 6.16. The summed E-state index contributed by atoms with van der Waals surface area (Å²) >= 11 is 5.70. The molecule has 1 aromatic heterocycles. The van der Waals surface area contributed by atoms with Gasteiger partial charge in [0.25, 0.3) is 0 Å². The van der Waals surface area contributed by atoms with Crippen LogP contribution in [0.1, 0.15) is 32.4 Å². The van der Waals surface area contributed by atoms with Crippen LogP contribution < -0.4 is 5.32 Å². The average Bonchev–Trinajstić information content (AvgIpc) is 2.21.